The number of anilines is 9. The third-order valence-corrected chi connectivity index (χ3v) is 20.4. The van der Waals surface area contributed by atoms with Crippen LogP contribution in [0.5, 0.6) is 0 Å². The van der Waals surface area contributed by atoms with Crippen molar-refractivity contribution in [3.05, 3.63) is 350 Å². The van der Waals surface area contributed by atoms with Gasteiger partial charge in [-0.15, -0.1) is 0 Å². The molecule has 0 unspecified atom stereocenters. The molecule has 4 heteroatoms. The van der Waals surface area contributed by atoms with Gasteiger partial charge in [0.2, 0.25) is 0 Å². The van der Waals surface area contributed by atoms with Crippen LogP contribution in [0.15, 0.2) is 328 Å². The normalized spacial score (nSPS) is 13.3. The number of rotatable bonds is 12. The number of aromatic nitrogens is 1. The molecular weight excluding hydrogens is 1140 g/mol. The summed E-state index contributed by atoms with van der Waals surface area (Å²) in [5, 5.41) is 9.73. The Morgan fingerprint density at radius 3 is 0.734 bits per heavy atom. The highest BCUT2D eigenvalue weighted by atomic mass is 15.2. The van der Waals surface area contributed by atoms with E-state index in [9.17, 15) is 0 Å². The molecule has 15 aromatic carbocycles. The van der Waals surface area contributed by atoms with Crippen molar-refractivity contribution in [2.45, 2.75) is 38.5 Å². The maximum absolute atomic E-state index is 2.70. The predicted molar refractivity (Wildman–Crippen MR) is 398 cm³/mol. The summed E-state index contributed by atoms with van der Waals surface area (Å²) >= 11 is 0. The highest BCUT2D eigenvalue weighted by molar-refractivity contribution is 6.19. The lowest BCUT2D eigenvalue weighted by Gasteiger charge is -2.43. The molecule has 0 saturated heterocycles. The monoisotopic (exact) mass is 1200 g/mol. The number of benzene rings is 15. The van der Waals surface area contributed by atoms with Crippen molar-refractivity contribution in [2.24, 2.45) is 0 Å². The molecule has 3 heterocycles. The van der Waals surface area contributed by atoms with Crippen LogP contribution in [0.3, 0.4) is 0 Å². The maximum atomic E-state index is 2.70. The number of nitrogens with zero attached hydrogens (tertiary/aromatic N) is 4. The van der Waals surface area contributed by atoms with E-state index in [1.807, 2.05) is 0 Å². The van der Waals surface area contributed by atoms with Crippen LogP contribution in [0.1, 0.15) is 49.9 Å². The summed E-state index contributed by atoms with van der Waals surface area (Å²) in [6.07, 6.45) is 0. The largest absolute Gasteiger partial charge is 0.310 e. The molecule has 1 aromatic heterocycles. The first-order valence-corrected chi connectivity index (χ1v) is 32.8. The molecule has 0 spiro atoms. The van der Waals surface area contributed by atoms with Gasteiger partial charge in [-0.05, 0) is 199 Å². The van der Waals surface area contributed by atoms with Crippen LogP contribution in [0.4, 0.5) is 51.2 Å². The van der Waals surface area contributed by atoms with Crippen molar-refractivity contribution in [3.8, 4) is 39.1 Å². The van der Waals surface area contributed by atoms with Gasteiger partial charge in [-0.1, -0.05) is 228 Å². The zero-order valence-corrected chi connectivity index (χ0v) is 53.0. The van der Waals surface area contributed by atoms with Crippen LogP contribution >= 0.6 is 0 Å². The average Bonchev–Trinajstić information content (AvgIpc) is 1.45. The van der Waals surface area contributed by atoms with Crippen LogP contribution in [-0.4, -0.2) is 4.57 Å². The zero-order valence-electron chi connectivity index (χ0n) is 53.0. The minimum absolute atomic E-state index is 0.440. The van der Waals surface area contributed by atoms with Gasteiger partial charge < -0.3 is 19.3 Å². The quantitative estimate of drug-likeness (QED) is 0.121. The van der Waals surface area contributed by atoms with E-state index >= 15 is 0 Å². The lowest BCUT2D eigenvalue weighted by molar-refractivity contribution is 0.594. The van der Waals surface area contributed by atoms with Gasteiger partial charge in [-0.25, -0.2) is 0 Å². The van der Waals surface area contributed by atoms with E-state index in [1.165, 1.54) is 115 Å². The Morgan fingerprint density at radius 1 is 0.223 bits per heavy atom. The molecule has 0 aliphatic carbocycles. The molecule has 0 bridgehead atoms. The molecular formula is C90H66N4. The zero-order chi connectivity index (χ0) is 62.8. The van der Waals surface area contributed by atoms with Gasteiger partial charge in [-0.2, -0.15) is 0 Å². The first-order chi connectivity index (χ1) is 46.2. The molecule has 94 heavy (non-hydrogen) atoms. The van der Waals surface area contributed by atoms with Crippen molar-refractivity contribution < 1.29 is 0 Å². The second-order valence-corrected chi connectivity index (χ2v) is 26.4. The highest BCUT2D eigenvalue weighted by Crippen LogP contribution is 2.59. The molecule has 0 fully saturated rings. The van der Waals surface area contributed by atoms with E-state index in [-0.39, 0.29) is 0 Å². The molecule has 16 aromatic rings. The average molecular weight is 1200 g/mol. The molecule has 0 radical (unpaired) electrons. The third-order valence-electron chi connectivity index (χ3n) is 20.4. The molecule has 0 atom stereocenters. The van der Waals surface area contributed by atoms with Gasteiger partial charge in [0.1, 0.15) is 0 Å². The first-order valence-electron chi connectivity index (χ1n) is 32.8. The topological polar surface area (TPSA) is 14.7 Å². The highest BCUT2D eigenvalue weighted by Gasteiger charge is 2.45. The number of fused-ring (bicyclic) bond motifs is 4. The molecule has 2 aliphatic rings. The van der Waals surface area contributed by atoms with Crippen LogP contribution in [0.25, 0.3) is 93.2 Å². The summed E-state index contributed by atoms with van der Waals surface area (Å²) in [5.74, 6) is 0. The number of hydrogen-bond donors (Lipinski definition) is 0. The maximum Gasteiger partial charge on any atom is 0.0582 e. The van der Waals surface area contributed by atoms with E-state index in [4.69, 9.17) is 0 Å². The van der Waals surface area contributed by atoms with Crippen molar-refractivity contribution in [1.82, 2.24) is 4.57 Å². The fraction of sp³-hybridized carbons (Fsp3) is 0.0667. The van der Waals surface area contributed by atoms with E-state index in [1.54, 1.807) is 0 Å². The van der Waals surface area contributed by atoms with Gasteiger partial charge in [0.25, 0.3) is 0 Å². The molecule has 0 saturated carbocycles. The first kappa shape index (κ1) is 55.1. The third kappa shape index (κ3) is 8.46. The molecule has 4 nitrogen and oxygen atoms in total. The van der Waals surface area contributed by atoms with Gasteiger partial charge in [0.05, 0.1) is 33.8 Å². The molecule has 18 rings (SSSR count). The van der Waals surface area contributed by atoms with E-state index in [0.29, 0.717) is 0 Å². The number of para-hydroxylation sites is 6. The van der Waals surface area contributed by atoms with Gasteiger partial charge >= 0.3 is 0 Å². The minimum atomic E-state index is -0.440. The summed E-state index contributed by atoms with van der Waals surface area (Å²) in [6.45, 7) is 9.94. The second kappa shape index (κ2) is 21.4. The Labute approximate surface area is 548 Å². The fourth-order valence-corrected chi connectivity index (χ4v) is 16.0. The summed E-state index contributed by atoms with van der Waals surface area (Å²) in [5.41, 5.74) is 25.7. The smallest absolute Gasteiger partial charge is 0.0582 e. The Kier molecular flexibility index (Phi) is 12.6. The van der Waals surface area contributed by atoms with E-state index < -0.39 is 10.8 Å². The van der Waals surface area contributed by atoms with Crippen LogP contribution in [-0.2, 0) is 10.8 Å². The van der Waals surface area contributed by atoms with Crippen LogP contribution in [0, 0.1) is 0 Å². The summed E-state index contributed by atoms with van der Waals surface area (Å²) in [6, 6.07) is 121. The Morgan fingerprint density at radius 2 is 0.457 bits per heavy atom. The second-order valence-electron chi connectivity index (χ2n) is 26.4. The predicted octanol–water partition coefficient (Wildman–Crippen LogP) is 24.9. The molecule has 0 amide bonds. The van der Waals surface area contributed by atoms with Crippen molar-refractivity contribution in [2.75, 3.05) is 14.7 Å². The fourth-order valence-electron chi connectivity index (χ4n) is 16.0. The molecule has 0 N–H and O–H groups in total. The molecule has 446 valence electrons. The summed E-state index contributed by atoms with van der Waals surface area (Å²) in [4.78, 5) is 7.20. The Hall–Kier alpha value is -11.7. The Balaban J connectivity index is 0.895. The van der Waals surface area contributed by atoms with Crippen molar-refractivity contribution in [3.63, 3.8) is 0 Å². The lowest BCUT2D eigenvalue weighted by atomic mass is 9.67. The van der Waals surface area contributed by atoms with E-state index in [2.05, 4.69) is 375 Å². The number of hydrogen-bond acceptors (Lipinski definition) is 3. The summed E-state index contributed by atoms with van der Waals surface area (Å²) < 4.78 is 2.70. The van der Waals surface area contributed by atoms with E-state index in [0.717, 1.165) is 51.2 Å². The Bertz CT molecular complexity index is 5280. The lowest BCUT2D eigenvalue weighted by Crippen LogP contribution is -2.33. The van der Waals surface area contributed by atoms with Gasteiger partial charge in [0.15, 0.2) is 0 Å². The SMILES string of the molecule is CC1(C)c2cc(-c3ccc(N(c4ccccc4)c4ccccc4)c4ccccc34)cc3c2-n2c4c1cc(-c1ccc(N(c5ccccc5)c5ccccc5)c5ccccc15)cc4c1cc(-c4ccc(N(c5ccccc5)c5ccccc5)c5ccccc45)cc(c12)C3(C)C. The van der Waals surface area contributed by atoms with Gasteiger partial charge in [0, 0.05) is 71.9 Å². The van der Waals surface area contributed by atoms with Crippen LogP contribution < -0.4 is 14.7 Å². The standard InChI is InChI=1S/C90H66N4/c1-89(2)79-55-59(68-47-50-83(74-44-26-23-41-71(68)74)91(62-29-11-5-12-30-62)63-31-13-6-14-32-63)53-77-78-54-60(69-48-51-84(75-45-27-24-42-72(69)75)92(64-33-15-7-16-34-64)65-35-17-8-18-36-65)56-80-87(78)94(86(77)79)88-81(89)57-61(58-82(88)90(80,3)4)70-49-52-85(76-46-28-25-43-73(70)76)93(66-37-19-9-20-38-66)67-39-21-10-22-40-67/h5-58H,1-4H3. The van der Waals surface area contributed by atoms with Crippen LogP contribution in [0.2, 0.25) is 0 Å². The minimum Gasteiger partial charge on any atom is -0.310 e. The van der Waals surface area contributed by atoms with Crippen molar-refractivity contribution >= 4 is 105 Å². The summed E-state index contributed by atoms with van der Waals surface area (Å²) in [7, 11) is 0. The van der Waals surface area contributed by atoms with Crippen molar-refractivity contribution in [1.29, 1.82) is 0 Å². The van der Waals surface area contributed by atoms with Gasteiger partial charge in [-0.3, -0.25) is 0 Å². The molecule has 2 aliphatic heterocycles.